The molecule has 1 aliphatic heterocycles. The van der Waals surface area contributed by atoms with E-state index in [1.54, 1.807) is 0 Å². The maximum absolute atomic E-state index is 6.56. The quantitative estimate of drug-likeness (QED) is 0.689. The van der Waals surface area contributed by atoms with E-state index in [-0.39, 0.29) is 6.23 Å². The van der Waals surface area contributed by atoms with Crippen molar-refractivity contribution in [3.63, 3.8) is 0 Å². The molecule has 0 saturated carbocycles. The van der Waals surface area contributed by atoms with Crippen molar-refractivity contribution in [3.05, 3.63) is 42.1 Å². The molecule has 3 rings (SSSR count). The van der Waals surface area contributed by atoms with Crippen LogP contribution in [0.5, 0.6) is 0 Å². The Morgan fingerprint density at radius 3 is 2.52 bits per heavy atom. The van der Waals surface area contributed by atoms with Gasteiger partial charge in [-0.25, -0.2) is 0 Å². The summed E-state index contributed by atoms with van der Waals surface area (Å²) >= 11 is 0. The van der Waals surface area contributed by atoms with E-state index in [0.717, 1.165) is 6.42 Å². The Morgan fingerprint density at radius 1 is 1.09 bits per heavy atom. The number of rotatable bonds is 3. The standard InChI is InChI=1S/C21H29NO/c1-6-10-17-13-22(19-12-9-8-11-18(17)19)21-16(5)14(3)15(4)20(7-2)23-21/h6,8-16,20-21H,7H2,1-5H3/t14-,15-,16+,20+,21+/m0/s1. The fraction of sp³-hybridized carbons (Fsp3) is 0.524. The summed E-state index contributed by atoms with van der Waals surface area (Å²) in [7, 11) is 0. The zero-order chi connectivity index (χ0) is 16.6. The maximum Gasteiger partial charge on any atom is 0.137 e. The van der Waals surface area contributed by atoms with Gasteiger partial charge >= 0.3 is 0 Å². The van der Waals surface area contributed by atoms with Crippen molar-refractivity contribution in [2.24, 2.45) is 17.8 Å². The largest absolute Gasteiger partial charge is 0.354 e. The van der Waals surface area contributed by atoms with Gasteiger partial charge < -0.3 is 9.30 Å². The summed E-state index contributed by atoms with van der Waals surface area (Å²) in [6.45, 7) is 11.4. The number of para-hydroxylation sites is 1. The maximum atomic E-state index is 6.56. The van der Waals surface area contributed by atoms with Gasteiger partial charge in [-0.1, -0.05) is 58.0 Å². The molecule has 2 heterocycles. The lowest BCUT2D eigenvalue weighted by Crippen LogP contribution is -2.42. The molecule has 0 aliphatic carbocycles. The third-order valence-electron chi connectivity index (χ3n) is 5.80. The second-order valence-corrected chi connectivity index (χ2v) is 7.06. The molecule has 0 unspecified atom stereocenters. The molecule has 5 atom stereocenters. The van der Waals surface area contributed by atoms with Crippen LogP contribution in [-0.4, -0.2) is 10.7 Å². The van der Waals surface area contributed by atoms with Crippen molar-refractivity contribution in [1.82, 2.24) is 4.57 Å². The van der Waals surface area contributed by atoms with Crippen LogP contribution < -0.4 is 0 Å². The molecule has 2 heteroatoms. The fourth-order valence-electron chi connectivity index (χ4n) is 4.05. The molecule has 0 spiro atoms. The lowest BCUT2D eigenvalue weighted by Gasteiger charge is -2.44. The van der Waals surface area contributed by atoms with Crippen molar-refractivity contribution >= 4 is 17.0 Å². The number of hydrogen-bond donors (Lipinski definition) is 0. The van der Waals surface area contributed by atoms with Gasteiger partial charge in [0.1, 0.15) is 6.23 Å². The van der Waals surface area contributed by atoms with Gasteiger partial charge in [-0.2, -0.15) is 0 Å². The van der Waals surface area contributed by atoms with Crippen LogP contribution >= 0.6 is 0 Å². The summed E-state index contributed by atoms with van der Waals surface area (Å²) in [6.07, 6.45) is 8.11. The zero-order valence-electron chi connectivity index (χ0n) is 15.0. The first-order chi connectivity index (χ1) is 11.1. The molecular weight excluding hydrogens is 282 g/mol. The second kappa shape index (κ2) is 6.52. The van der Waals surface area contributed by atoms with Crippen LogP contribution in [-0.2, 0) is 4.74 Å². The van der Waals surface area contributed by atoms with Crippen LogP contribution in [0.15, 0.2) is 36.5 Å². The van der Waals surface area contributed by atoms with Crippen molar-refractivity contribution < 1.29 is 4.74 Å². The van der Waals surface area contributed by atoms with E-state index in [2.05, 4.69) is 81.8 Å². The van der Waals surface area contributed by atoms with E-state index in [0.29, 0.717) is 23.9 Å². The number of ether oxygens (including phenoxy) is 1. The van der Waals surface area contributed by atoms with Gasteiger partial charge in [-0.05, 0) is 36.8 Å². The van der Waals surface area contributed by atoms with Crippen molar-refractivity contribution in [1.29, 1.82) is 0 Å². The molecule has 0 amide bonds. The van der Waals surface area contributed by atoms with Crippen LogP contribution in [0.3, 0.4) is 0 Å². The Kier molecular flexibility index (Phi) is 4.63. The van der Waals surface area contributed by atoms with Crippen LogP contribution in [0.4, 0.5) is 0 Å². The number of aromatic nitrogens is 1. The Labute approximate surface area is 140 Å². The highest BCUT2D eigenvalue weighted by Gasteiger charge is 2.39. The van der Waals surface area contributed by atoms with E-state index in [4.69, 9.17) is 4.74 Å². The van der Waals surface area contributed by atoms with Gasteiger partial charge in [0, 0.05) is 17.5 Å². The second-order valence-electron chi connectivity index (χ2n) is 7.06. The molecule has 0 N–H and O–H groups in total. The molecule has 1 aliphatic rings. The summed E-state index contributed by atoms with van der Waals surface area (Å²) in [5.41, 5.74) is 2.55. The summed E-state index contributed by atoms with van der Waals surface area (Å²) in [4.78, 5) is 0. The first kappa shape index (κ1) is 16.3. The van der Waals surface area contributed by atoms with Crippen molar-refractivity contribution in [3.8, 4) is 0 Å². The number of benzene rings is 1. The molecule has 1 aromatic carbocycles. The number of fused-ring (bicyclic) bond motifs is 1. The van der Waals surface area contributed by atoms with E-state index in [9.17, 15) is 0 Å². The van der Waals surface area contributed by atoms with Crippen LogP contribution in [0.25, 0.3) is 17.0 Å². The summed E-state index contributed by atoms with van der Waals surface area (Å²) in [6, 6.07) is 8.65. The molecule has 1 fully saturated rings. The first-order valence-corrected chi connectivity index (χ1v) is 8.96. The topological polar surface area (TPSA) is 14.2 Å². The molecule has 0 radical (unpaired) electrons. The Balaban J connectivity index is 2.08. The summed E-state index contributed by atoms with van der Waals surface area (Å²) < 4.78 is 8.92. The predicted octanol–water partition coefficient (Wildman–Crippen LogP) is 5.89. The van der Waals surface area contributed by atoms with Gasteiger partial charge in [-0.15, -0.1) is 0 Å². The highest BCUT2D eigenvalue weighted by molar-refractivity contribution is 5.89. The highest BCUT2D eigenvalue weighted by atomic mass is 16.5. The zero-order valence-corrected chi connectivity index (χ0v) is 15.0. The normalized spacial score (nSPS) is 32.0. The SMILES string of the molecule is CC=Cc1cn([C@@H]2O[C@H](CC)[C@@H](C)[C@H](C)[C@H]2C)c2ccccc12. The third-order valence-corrected chi connectivity index (χ3v) is 5.80. The minimum absolute atomic E-state index is 0.120. The fourth-order valence-corrected chi connectivity index (χ4v) is 4.05. The average Bonchev–Trinajstić information content (AvgIpc) is 2.92. The van der Waals surface area contributed by atoms with Crippen molar-refractivity contribution in [2.75, 3.05) is 0 Å². The van der Waals surface area contributed by atoms with Gasteiger partial charge in [0.2, 0.25) is 0 Å². The van der Waals surface area contributed by atoms with Gasteiger partial charge in [0.25, 0.3) is 0 Å². The Hall–Kier alpha value is -1.54. The average molecular weight is 311 g/mol. The molecule has 23 heavy (non-hydrogen) atoms. The molecule has 0 bridgehead atoms. The monoisotopic (exact) mass is 311 g/mol. The highest BCUT2D eigenvalue weighted by Crippen LogP contribution is 2.42. The van der Waals surface area contributed by atoms with E-state index in [1.807, 2.05) is 0 Å². The minimum Gasteiger partial charge on any atom is -0.354 e. The first-order valence-electron chi connectivity index (χ1n) is 8.96. The molecule has 124 valence electrons. The van der Waals surface area contributed by atoms with E-state index in [1.165, 1.54) is 16.5 Å². The molecule has 2 nitrogen and oxygen atoms in total. The number of nitrogens with zero attached hydrogens (tertiary/aromatic N) is 1. The lowest BCUT2D eigenvalue weighted by molar-refractivity contribution is -0.166. The molecule has 1 aromatic heterocycles. The van der Waals surface area contributed by atoms with Crippen molar-refractivity contribution in [2.45, 2.75) is 53.4 Å². The molecule has 2 aromatic rings. The minimum atomic E-state index is 0.120. The van der Waals surface area contributed by atoms with E-state index < -0.39 is 0 Å². The van der Waals surface area contributed by atoms with Crippen LogP contribution in [0.1, 0.15) is 52.8 Å². The van der Waals surface area contributed by atoms with E-state index >= 15 is 0 Å². The summed E-state index contributed by atoms with van der Waals surface area (Å²) in [5, 5.41) is 1.31. The molecular formula is C21H29NO. The third kappa shape index (κ3) is 2.74. The Morgan fingerprint density at radius 2 is 1.83 bits per heavy atom. The Bertz CT molecular complexity index is 697. The summed E-state index contributed by atoms with van der Waals surface area (Å²) in [5.74, 6) is 1.77. The number of hydrogen-bond acceptors (Lipinski definition) is 1. The van der Waals surface area contributed by atoms with Gasteiger partial charge in [-0.3, -0.25) is 0 Å². The lowest BCUT2D eigenvalue weighted by atomic mass is 9.77. The van der Waals surface area contributed by atoms with Gasteiger partial charge in [0.15, 0.2) is 0 Å². The van der Waals surface area contributed by atoms with Gasteiger partial charge in [0.05, 0.1) is 11.6 Å². The van der Waals surface area contributed by atoms with Crippen LogP contribution in [0, 0.1) is 17.8 Å². The van der Waals surface area contributed by atoms with Crippen LogP contribution in [0.2, 0.25) is 0 Å². The molecule has 1 saturated heterocycles. The smallest absolute Gasteiger partial charge is 0.137 e. The number of allylic oxidation sites excluding steroid dienone is 1. The predicted molar refractivity (Wildman–Crippen MR) is 98.3 cm³/mol.